The first-order chi connectivity index (χ1) is 9.28. The molecule has 0 saturated heterocycles. The summed E-state index contributed by atoms with van der Waals surface area (Å²) in [6.45, 7) is 0.632. The SMILES string of the molecule is NCCc1ccc(NC(=O)Cc2cccnc2)cc1. The van der Waals surface area contributed by atoms with E-state index in [9.17, 15) is 4.79 Å². The standard InChI is InChI=1S/C15H17N3O/c16-8-7-12-3-5-14(6-4-12)18-15(19)10-13-2-1-9-17-11-13/h1-6,9,11H,7-8,10,16H2,(H,18,19). The molecule has 4 nitrogen and oxygen atoms in total. The Morgan fingerprint density at radius 2 is 1.95 bits per heavy atom. The van der Waals surface area contributed by atoms with Gasteiger partial charge in [0, 0.05) is 18.1 Å². The maximum absolute atomic E-state index is 11.8. The zero-order chi connectivity index (χ0) is 13.5. The van der Waals surface area contributed by atoms with Gasteiger partial charge in [0.2, 0.25) is 5.91 Å². The molecule has 4 heteroatoms. The second-order valence-corrected chi connectivity index (χ2v) is 4.32. The molecule has 1 amide bonds. The van der Waals surface area contributed by atoms with E-state index in [0.29, 0.717) is 13.0 Å². The van der Waals surface area contributed by atoms with Crippen LogP contribution in [-0.2, 0) is 17.6 Å². The van der Waals surface area contributed by atoms with Crippen molar-refractivity contribution in [2.75, 3.05) is 11.9 Å². The van der Waals surface area contributed by atoms with Crippen LogP contribution in [0.1, 0.15) is 11.1 Å². The molecule has 0 unspecified atom stereocenters. The van der Waals surface area contributed by atoms with Crippen LogP contribution in [0.15, 0.2) is 48.8 Å². The fraction of sp³-hybridized carbons (Fsp3) is 0.200. The molecule has 0 radical (unpaired) electrons. The third kappa shape index (κ3) is 4.19. The van der Waals surface area contributed by atoms with Gasteiger partial charge in [-0.1, -0.05) is 18.2 Å². The number of nitrogens with one attached hydrogen (secondary N) is 1. The monoisotopic (exact) mass is 255 g/mol. The molecule has 1 aromatic heterocycles. The first-order valence-electron chi connectivity index (χ1n) is 6.25. The van der Waals surface area contributed by atoms with Crippen LogP contribution in [0.2, 0.25) is 0 Å². The molecule has 1 aromatic carbocycles. The second kappa shape index (κ2) is 6.66. The largest absolute Gasteiger partial charge is 0.330 e. The molecule has 0 aliphatic heterocycles. The Labute approximate surface area is 112 Å². The summed E-state index contributed by atoms with van der Waals surface area (Å²) in [6, 6.07) is 11.5. The number of aromatic nitrogens is 1. The summed E-state index contributed by atoms with van der Waals surface area (Å²) < 4.78 is 0. The van der Waals surface area contributed by atoms with Gasteiger partial charge in [-0.15, -0.1) is 0 Å². The minimum Gasteiger partial charge on any atom is -0.330 e. The minimum atomic E-state index is -0.0421. The molecule has 98 valence electrons. The number of hydrogen-bond donors (Lipinski definition) is 2. The van der Waals surface area contributed by atoms with Gasteiger partial charge in [0.05, 0.1) is 6.42 Å². The van der Waals surface area contributed by atoms with Crippen LogP contribution in [0.3, 0.4) is 0 Å². The Hall–Kier alpha value is -2.20. The fourth-order valence-electron chi connectivity index (χ4n) is 1.81. The van der Waals surface area contributed by atoms with Crippen molar-refractivity contribution in [3.8, 4) is 0 Å². The molecule has 0 aliphatic rings. The fourth-order valence-corrected chi connectivity index (χ4v) is 1.81. The topological polar surface area (TPSA) is 68.0 Å². The van der Waals surface area contributed by atoms with Gasteiger partial charge in [-0.25, -0.2) is 0 Å². The predicted molar refractivity (Wildman–Crippen MR) is 75.8 cm³/mol. The van der Waals surface area contributed by atoms with E-state index in [1.807, 2.05) is 36.4 Å². The Bertz CT molecular complexity index is 523. The van der Waals surface area contributed by atoms with E-state index in [4.69, 9.17) is 5.73 Å². The highest BCUT2D eigenvalue weighted by molar-refractivity contribution is 5.92. The lowest BCUT2D eigenvalue weighted by molar-refractivity contribution is -0.115. The number of anilines is 1. The molecule has 3 N–H and O–H groups in total. The average Bonchev–Trinajstić information content (AvgIpc) is 2.42. The van der Waals surface area contributed by atoms with E-state index >= 15 is 0 Å². The molecule has 2 rings (SSSR count). The highest BCUT2D eigenvalue weighted by atomic mass is 16.1. The molecule has 0 fully saturated rings. The molecule has 0 saturated carbocycles. The number of hydrogen-bond acceptors (Lipinski definition) is 3. The number of nitrogens with zero attached hydrogens (tertiary/aromatic N) is 1. The van der Waals surface area contributed by atoms with Crippen molar-refractivity contribution in [2.24, 2.45) is 5.73 Å². The molecule has 19 heavy (non-hydrogen) atoms. The quantitative estimate of drug-likeness (QED) is 0.855. The van der Waals surface area contributed by atoms with Crippen molar-refractivity contribution in [3.63, 3.8) is 0 Å². The summed E-state index contributed by atoms with van der Waals surface area (Å²) in [5, 5.41) is 2.86. The number of carbonyl (C=O) groups is 1. The molecule has 0 spiro atoms. The highest BCUT2D eigenvalue weighted by Crippen LogP contribution is 2.10. The Kier molecular flexibility index (Phi) is 4.64. The zero-order valence-corrected chi connectivity index (χ0v) is 10.7. The maximum Gasteiger partial charge on any atom is 0.228 e. The van der Waals surface area contributed by atoms with Crippen LogP contribution in [0, 0.1) is 0 Å². The van der Waals surface area contributed by atoms with Crippen molar-refractivity contribution in [1.29, 1.82) is 0 Å². The average molecular weight is 255 g/mol. The normalized spacial score (nSPS) is 10.2. The highest BCUT2D eigenvalue weighted by Gasteiger charge is 2.04. The lowest BCUT2D eigenvalue weighted by atomic mass is 10.1. The molecular formula is C15H17N3O. The number of carbonyl (C=O) groups excluding carboxylic acids is 1. The van der Waals surface area contributed by atoms with Crippen LogP contribution in [0.4, 0.5) is 5.69 Å². The second-order valence-electron chi connectivity index (χ2n) is 4.32. The van der Waals surface area contributed by atoms with Crippen LogP contribution in [0.5, 0.6) is 0 Å². The van der Waals surface area contributed by atoms with E-state index in [2.05, 4.69) is 10.3 Å². The van der Waals surface area contributed by atoms with Crippen molar-refractivity contribution in [2.45, 2.75) is 12.8 Å². The van der Waals surface area contributed by atoms with Gasteiger partial charge in [-0.2, -0.15) is 0 Å². The summed E-state index contributed by atoms with van der Waals surface area (Å²) in [6.07, 6.45) is 4.57. The van der Waals surface area contributed by atoms with E-state index in [-0.39, 0.29) is 5.91 Å². The van der Waals surface area contributed by atoms with Gasteiger partial charge < -0.3 is 11.1 Å². The third-order valence-corrected chi connectivity index (χ3v) is 2.76. The summed E-state index contributed by atoms with van der Waals surface area (Å²) in [5.41, 5.74) is 8.37. The van der Waals surface area contributed by atoms with Gasteiger partial charge in [0.15, 0.2) is 0 Å². The molecule has 2 aromatic rings. The van der Waals surface area contributed by atoms with Crippen molar-refractivity contribution >= 4 is 11.6 Å². The van der Waals surface area contributed by atoms with Gasteiger partial charge in [-0.3, -0.25) is 9.78 Å². The summed E-state index contributed by atoms with van der Waals surface area (Å²) in [4.78, 5) is 15.8. The van der Waals surface area contributed by atoms with Crippen LogP contribution in [0.25, 0.3) is 0 Å². The molecule has 0 aliphatic carbocycles. The van der Waals surface area contributed by atoms with Gasteiger partial charge >= 0.3 is 0 Å². The summed E-state index contributed by atoms with van der Waals surface area (Å²) in [5.74, 6) is -0.0421. The predicted octanol–water partition coefficient (Wildman–Crippen LogP) is 1.76. The first-order valence-corrected chi connectivity index (χ1v) is 6.25. The zero-order valence-electron chi connectivity index (χ0n) is 10.7. The Morgan fingerprint density at radius 3 is 2.58 bits per heavy atom. The lowest BCUT2D eigenvalue weighted by Crippen LogP contribution is -2.14. The minimum absolute atomic E-state index is 0.0421. The summed E-state index contributed by atoms with van der Waals surface area (Å²) in [7, 11) is 0. The van der Waals surface area contributed by atoms with Crippen LogP contribution >= 0.6 is 0 Å². The smallest absolute Gasteiger partial charge is 0.228 e. The number of amides is 1. The van der Waals surface area contributed by atoms with Gasteiger partial charge in [0.25, 0.3) is 0 Å². The van der Waals surface area contributed by atoms with Crippen LogP contribution < -0.4 is 11.1 Å². The maximum atomic E-state index is 11.8. The Balaban J connectivity index is 1.91. The van der Waals surface area contributed by atoms with E-state index in [1.165, 1.54) is 5.56 Å². The van der Waals surface area contributed by atoms with Gasteiger partial charge in [0.1, 0.15) is 0 Å². The summed E-state index contributed by atoms with van der Waals surface area (Å²) >= 11 is 0. The van der Waals surface area contributed by atoms with Crippen molar-refractivity contribution < 1.29 is 4.79 Å². The molecule has 0 atom stereocenters. The Morgan fingerprint density at radius 1 is 1.16 bits per heavy atom. The first kappa shape index (κ1) is 13.2. The number of pyridine rings is 1. The van der Waals surface area contributed by atoms with Gasteiger partial charge in [-0.05, 0) is 42.3 Å². The van der Waals surface area contributed by atoms with E-state index in [0.717, 1.165) is 17.7 Å². The molecular weight excluding hydrogens is 238 g/mol. The van der Waals surface area contributed by atoms with Crippen molar-refractivity contribution in [1.82, 2.24) is 4.98 Å². The lowest BCUT2D eigenvalue weighted by Gasteiger charge is -2.06. The van der Waals surface area contributed by atoms with Crippen molar-refractivity contribution in [3.05, 3.63) is 59.9 Å². The number of rotatable bonds is 5. The molecule has 1 heterocycles. The van der Waals surface area contributed by atoms with Crippen LogP contribution in [-0.4, -0.2) is 17.4 Å². The van der Waals surface area contributed by atoms with E-state index in [1.54, 1.807) is 12.4 Å². The van der Waals surface area contributed by atoms with E-state index < -0.39 is 0 Å². The molecule has 0 bridgehead atoms. The third-order valence-electron chi connectivity index (χ3n) is 2.76. The number of nitrogens with two attached hydrogens (primary N) is 1. The number of benzene rings is 1.